The largest absolute Gasteiger partial charge is 0.350 e. The molecule has 0 bridgehead atoms. The third-order valence-corrected chi connectivity index (χ3v) is 7.72. The zero-order valence-electron chi connectivity index (χ0n) is 23.8. The second-order valence-electron chi connectivity index (χ2n) is 10.9. The summed E-state index contributed by atoms with van der Waals surface area (Å²) in [4.78, 5) is 22.5. The number of aromatic nitrogens is 3. The molecule has 0 spiro atoms. The van der Waals surface area contributed by atoms with Crippen LogP contribution in [-0.4, -0.2) is 54.5 Å². The summed E-state index contributed by atoms with van der Waals surface area (Å²) < 4.78 is 99.2. The Morgan fingerprint density at radius 1 is 1.05 bits per heavy atom. The monoisotopic (exact) mass is 636 g/mol. The van der Waals surface area contributed by atoms with Gasteiger partial charge in [0.05, 0.1) is 17.5 Å². The topological polar surface area (TPSA) is 118 Å². The number of piperidine rings is 1. The fraction of sp³-hybridized carbons (Fsp3) is 0.345. The molecule has 234 valence electrons. The van der Waals surface area contributed by atoms with Gasteiger partial charge in [-0.3, -0.25) is 14.1 Å². The van der Waals surface area contributed by atoms with E-state index in [2.05, 4.69) is 25.3 Å². The van der Waals surface area contributed by atoms with Crippen molar-refractivity contribution in [3.63, 3.8) is 0 Å². The van der Waals surface area contributed by atoms with Crippen molar-refractivity contribution in [2.75, 3.05) is 29.4 Å². The molecule has 2 atom stereocenters. The van der Waals surface area contributed by atoms with Gasteiger partial charge in [0.1, 0.15) is 23.5 Å². The fourth-order valence-electron chi connectivity index (χ4n) is 5.24. The van der Waals surface area contributed by atoms with Crippen LogP contribution in [-0.2, 0) is 10.0 Å². The Balaban J connectivity index is 1.61. The predicted octanol–water partition coefficient (Wildman–Crippen LogP) is 5.41. The van der Waals surface area contributed by atoms with Gasteiger partial charge < -0.3 is 10.6 Å². The van der Waals surface area contributed by atoms with Gasteiger partial charge in [-0.15, -0.1) is 0 Å². The minimum absolute atomic E-state index is 0.0765. The number of hydrogen-bond acceptors (Lipinski definition) is 7. The highest BCUT2D eigenvalue weighted by Gasteiger charge is 2.24. The zero-order valence-corrected chi connectivity index (χ0v) is 24.7. The van der Waals surface area contributed by atoms with Gasteiger partial charge in [0.15, 0.2) is 0 Å². The van der Waals surface area contributed by atoms with Crippen molar-refractivity contribution in [2.45, 2.75) is 44.9 Å². The lowest BCUT2D eigenvalue weighted by Gasteiger charge is -2.26. The van der Waals surface area contributed by atoms with Crippen molar-refractivity contribution >= 4 is 32.7 Å². The summed E-state index contributed by atoms with van der Waals surface area (Å²) in [5.74, 6) is -2.23. The summed E-state index contributed by atoms with van der Waals surface area (Å²) in [6, 6.07) is 5.20. The Hall–Kier alpha value is -4.11. The average Bonchev–Trinajstić information content (AvgIpc) is 2.92. The number of sulfonamides is 1. The number of alkyl halides is 3. The molecule has 1 aliphatic heterocycles. The van der Waals surface area contributed by atoms with Crippen LogP contribution in [0.5, 0.6) is 0 Å². The Kier molecular flexibility index (Phi) is 8.62. The molecule has 0 saturated carbocycles. The highest BCUT2D eigenvalue weighted by molar-refractivity contribution is 7.92. The molecule has 2 aromatic carbocycles. The molecule has 9 nitrogen and oxygen atoms in total. The molecule has 0 unspecified atom stereocenters. The van der Waals surface area contributed by atoms with E-state index in [0.29, 0.717) is 11.9 Å². The lowest BCUT2D eigenvalue weighted by atomic mass is 9.96. The Labute approximate surface area is 249 Å². The number of pyridine rings is 1. The van der Waals surface area contributed by atoms with Gasteiger partial charge in [-0.05, 0) is 49.7 Å². The lowest BCUT2D eigenvalue weighted by Crippen LogP contribution is -2.44. The summed E-state index contributed by atoms with van der Waals surface area (Å²) in [6.45, 7) is 4.23. The highest BCUT2D eigenvalue weighted by atomic mass is 32.2. The van der Waals surface area contributed by atoms with E-state index in [0.717, 1.165) is 36.6 Å². The number of halogens is 5. The maximum Gasteiger partial charge on any atom is 0.263 e. The van der Waals surface area contributed by atoms with E-state index in [-0.39, 0.29) is 47.4 Å². The van der Waals surface area contributed by atoms with Crippen LogP contribution in [0.3, 0.4) is 0 Å². The van der Waals surface area contributed by atoms with E-state index in [4.69, 9.17) is 0 Å². The van der Waals surface area contributed by atoms with Gasteiger partial charge in [-0.25, -0.2) is 35.4 Å². The second kappa shape index (κ2) is 12.1. The number of rotatable bonds is 8. The molecule has 44 heavy (non-hydrogen) atoms. The summed E-state index contributed by atoms with van der Waals surface area (Å²) in [7, 11) is -3.93. The molecule has 1 aliphatic rings. The number of hydrogen-bond donors (Lipinski definition) is 3. The van der Waals surface area contributed by atoms with E-state index in [9.17, 15) is 26.4 Å². The maximum absolute atomic E-state index is 15.7. The van der Waals surface area contributed by atoms with Gasteiger partial charge in [-0.2, -0.15) is 4.98 Å². The lowest BCUT2D eigenvalue weighted by molar-refractivity contribution is 0.151. The van der Waals surface area contributed by atoms with Crippen molar-refractivity contribution in [2.24, 2.45) is 0 Å². The number of nitrogens with zero attached hydrogens (tertiary/aromatic N) is 3. The molecular weight excluding hydrogens is 607 g/mol. The van der Waals surface area contributed by atoms with Crippen molar-refractivity contribution in [1.29, 1.82) is 0 Å². The van der Waals surface area contributed by atoms with E-state index >= 15 is 8.78 Å². The average molecular weight is 637 g/mol. The zero-order chi connectivity index (χ0) is 31.9. The Bertz CT molecular complexity index is 1880. The van der Waals surface area contributed by atoms with E-state index < -0.39 is 62.5 Å². The summed E-state index contributed by atoms with van der Waals surface area (Å²) >= 11 is 0. The van der Waals surface area contributed by atoms with Crippen LogP contribution >= 0.6 is 0 Å². The Morgan fingerprint density at radius 3 is 2.36 bits per heavy atom. The molecule has 0 amide bonds. The first-order chi connectivity index (χ1) is 20.7. The van der Waals surface area contributed by atoms with Crippen LogP contribution in [0.25, 0.3) is 33.3 Å². The second-order valence-corrected chi connectivity index (χ2v) is 12.7. The minimum atomic E-state index is -3.93. The van der Waals surface area contributed by atoms with Crippen LogP contribution in [0.1, 0.15) is 38.3 Å². The third-order valence-electron chi connectivity index (χ3n) is 7.13. The van der Waals surface area contributed by atoms with Gasteiger partial charge in [0.25, 0.3) is 12.0 Å². The Morgan fingerprint density at radius 2 is 1.75 bits per heavy atom. The van der Waals surface area contributed by atoms with Gasteiger partial charge in [0, 0.05) is 59.9 Å². The number of nitrogens with one attached hydrogen (secondary N) is 3. The van der Waals surface area contributed by atoms with E-state index in [1.807, 2.05) is 0 Å². The van der Waals surface area contributed by atoms with Crippen LogP contribution in [0.15, 0.2) is 47.4 Å². The van der Waals surface area contributed by atoms with E-state index in [1.54, 1.807) is 13.8 Å². The SMILES string of the molecule is CC(C)n1c(=O)c(-c2cc(F)c(-c3cc(C(F)F)ccc3NS(C)(=O)=O)c(F)c2)cc2cnc(N[C@@H]3CNC[C@@H](F)C3)nc21. The first-order valence-electron chi connectivity index (χ1n) is 13.6. The quantitative estimate of drug-likeness (QED) is 0.222. The molecular formula is C29H29F5N6O3S. The molecule has 0 aliphatic carbocycles. The molecule has 1 saturated heterocycles. The van der Waals surface area contributed by atoms with E-state index in [1.165, 1.54) is 16.8 Å². The number of benzene rings is 2. The van der Waals surface area contributed by atoms with Crippen molar-refractivity contribution < 1.29 is 30.4 Å². The predicted molar refractivity (Wildman–Crippen MR) is 158 cm³/mol. The first kappa shape index (κ1) is 31.3. The molecule has 2 aromatic heterocycles. The summed E-state index contributed by atoms with van der Waals surface area (Å²) in [6.07, 6.45) is -1.51. The van der Waals surface area contributed by atoms with Gasteiger partial charge in [0.2, 0.25) is 16.0 Å². The van der Waals surface area contributed by atoms with Crippen molar-refractivity contribution in [1.82, 2.24) is 19.9 Å². The molecule has 4 aromatic rings. The minimum Gasteiger partial charge on any atom is -0.350 e. The van der Waals surface area contributed by atoms with Crippen LogP contribution in [0.4, 0.5) is 33.6 Å². The standard InChI is InChI=1S/C29H29F5N6O3S/c1-14(2)40-27-17(11-36-29(38-27)37-19-10-18(30)12-35-13-19)7-20(28(40)41)16-8-22(31)25(23(32)9-16)21-6-15(26(33)34)4-5-24(21)39-44(3,42)43/h4-9,11,14,18-19,26,35,39H,10,12-13H2,1-3H3,(H,36,37,38)/t18-,19-/m0/s1. The fourth-order valence-corrected chi connectivity index (χ4v) is 5.81. The van der Waals surface area contributed by atoms with Crippen molar-refractivity contribution in [3.05, 3.63) is 70.1 Å². The van der Waals surface area contributed by atoms with Crippen LogP contribution < -0.4 is 20.9 Å². The third kappa shape index (κ3) is 6.53. The molecule has 5 rings (SSSR count). The smallest absolute Gasteiger partial charge is 0.263 e. The molecule has 1 fully saturated rings. The summed E-state index contributed by atoms with van der Waals surface area (Å²) in [5, 5.41) is 6.44. The first-order valence-corrected chi connectivity index (χ1v) is 15.5. The number of fused-ring (bicyclic) bond motifs is 1. The van der Waals surface area contributed by atoms with Gasteiger partial charge >= 0.3 is 0 Å². The van der Waals surface area contributed by atoms with Gasteiger partial charge in [-0.1, -0.05) is 6.07 Å². The normalized spacial score (nSPS) is 17.4. The number of anilines is 2. The maximum atomic E-state index is 15.7. The van der Waals surface area contributed by atoms with Crippen molar-refractivity contribution in [3.8, 4) is 22.3 Å². The molecule has 3 heterocycles. The molecule has 15 heteroatoms. The molecule has 0 radical (unpaired) electrons. The van der Waals surface area contributed by atoms with Crippen LogP contribution in [0.2, 0.25) is 0 Å². The molecule has 3 N–H and O–H groups in total. The highest BCUT2D eigenvalue weighted by Crippen LogP contribution is 2.38. The summed E-state index contributed by atoms with van der Waals surface area (Å²) in [5.41, 5.74) is -2.63. The van der Waals surface area contributed by atoms with Crippen LogP contribution in [0, 0.1) is 11.6 Å².